The van der Waals surface area contributed by atoms with Crippen molar-refractivity contribution in [2.45, 2.75) is 32.4 Å². The van der Waals surface area contributed by atoms with Gasteiger partial charge in [-0.25, -0.2) is 0 Å². The van der Waals surface area contributed by atoms with Gasteiger partial charge in [0, 0.05) is 12.1 Å². The van der Waals surface area contributed by atoms with Gasteiger partial charge in [-0.15, -0.1) is 0 Å². The van der Waals surface area contributed by atoms with Crippen LogP contribution in [0, 0.1) is 5.41 Å². The van der Waals surface area contributed by atoms with E-state index in [0.29, 0.717) is 12.0 Å². The predicted molar refractivity (Wildman–Crippen MR) is 70.7 cm³/mol. The Bertz CT molecular complexity index is 444. The van der Waals surface area contributed by atoms with Crippen LogP contribution < -0.4 is 4.74 Å². The molecule has 0 aliphatic carbocycles. The zero-order valence-corrected chi connectivity index (χ0v) is 11.1. The van der Waals surface area contributed by atoms with Crippen LogP contribution in [0.15, 0.2) is 24.3 Å². The number of aliphatic hydroxyl groups is 1. The second-order valence-corrected chi connectivity index (χ2v) is 6.25. The molecule has 0 saturated carbocycles. The van der Waals surface area contributed by atoms with Crippen LogP contribution in [-0.2, 0) is 0 Å². The van der Waals surface area contributed by atoms with Crippen LogP contribution in [0.3, 0.4) is 0 Å². The normalized spacial score (nSPS) is 30.8. The van der Waals surface area contributed by atoms with Crippen LogP contribution in [0.2, 0.25) is 0 Å². The summed E-state index contributed by atoms with van der Waals surface area (Å²) >= 11 is 0. The molecule has 1 saturated heterocycles. The van der Waals surface area contributed by atoms with E-state index in [-0.39, 0.29) is 6.04 Å². The van der Waals surface area contributed by atoms with E-state index >= 15 is 0 Å². The summed E-state index contributed by atoms with van der Waals surface area (Å²) in [7, 11) is 0. The van der Waals surface area contributed by atoms with E-state index in [4.69, 9.17) is 4.74 Å². The molecule has 0 amide bonds. The van der Waals surface area contributed by atoms with Crippen molar-refractivity contribution < 1.29 is 9.84 Å². The van der Waals surface area contributed by atoms with E-state index in [2.05, 4.69) is 18.7 Å². The zero-order valence-electron chi connectivity index (χ0n) is 11.1. The van der Waals surface area contributed by atoms with Crippen LogP contribution in [0.4, 0.5) is 0 Å². The molecule has 3 heteroatoms. The van der Waals surface area contributed by atoms with Gasteiger partial charge in [0.2, 0.25) is 0 Å². The lowest BCUT2D eigenvalue weighted by atomic mass is 9.93. The third-order valence-electron chi connectivity index (χ3n) is 4.19. The molecular formula is C15H21NO2. The smallest absolute Gasteiger partial charge is 0.125 e. The van der Waals surface area contributed by atoms with Gasteiger partial charge in [0.15, 0.2) is 0 Å². The van der Waals surface area contributed by atoms with E-state index in [1.807, 2.05) is 24.3 Å². The maximum Gasteiger partial charge on any atom is 0.125 e. The van der Waals surface area contributed by atoms with Crippen LogP contribution in [-0.4, -0.2) is 35.7 Å². The van der Waals surface area contributed by atoms with Crippen molar-refractivity contribution in [3.8, 4) is 5.75 Å². The van der Waals surface area contributed by atoms with E-state index < -0.39 is 6.10 Å². The summed E-state index contributed by atoms with van der Waals surface area (Å²) in [5, 5.41) is 10.5. The Balaban J connectivity index is 1.81. The van der Waals surface area contributed by atoms with Crippen molar-refractivity contribution in [1.29, 1.82) is 0 Å². The summed E-state index contributed by atoms with van der Waals surface area (Å²) in [5.74, 6) is 0.833. The number of hydrogen-bond donors (Lipinski definition) is 1. The number of para-hydroxylation sites is 1. The molecule has 1 fully saturated rings. The molecule has 2 aliphatic heterocycles. The van der Waals surface area contributed by atoms with E-state index in [1.54, 1.807) is 0 Å². The fraction of sp³-hybridized carbons (Fsp3) is 0.600. The Kier molecular flexibility index (Phi) is 2.83. The minimum atomic E-state index is -0.427. The highest BCUT2D eigenvalue weighted by Crippen LogP contribution is 2.38. The summed E-state index contributed by atoms with van der Waals surface area (Å²) in [6.45, 7) is 7.27. The number of nitrogens with zero attached hydrogens (tertiary/aromatic N) is 1. The molecule has 98 valence electrons. The number of ether oxygens (including phenoxy) is 1. The summed E-state index contributed by atoms with van der Waals surface area (Å²) in [6, 6.07) is 7.91. The van der Waals surface area contributed by atoms with Crippen molar-refractivity contribution >= 4 is 0 Å². The fourth-order valence-corrected chi connectivity index (χ4v) is 3.07. The Morgan fingerprint density at radius 1 is 1.33 bits per heavy atom. The molecule has 18 heavy (non-hydrogen) atoms. The van der Waals surface area contributed by atoms with Crippen molar-refractivity contribution in [2.24, 2.45) is 5.41 Å². The summed E-state index contributed by atoms with van der Waals surface area (Å²) in [5.41, 5.74) is 1.29. The zero-order chi connectivity index (χ0) is 12.8. The topological polar surface area (TPSA) is 32.7 Å². The highest BCUT2D eigenvalue weighted by atomic mass is 16.5. The SMILES string of the molecule is CC1(C)CCN(C2COc3ccccc3C2O)C1. The van der Waals surface area contributed by atoms with Crippen molar-refractivity contribution in [3.05, 3.63) is 29.8 Å². The third kappa shape index (κ3) is 2.02. The third-order valence-corrected chi connectivity index (χ3v) is 4.19. The number of aliphatic hydroxyl groups excluding tert-OH is 1. The predicted octanol–water partition coefficient (Wildman–Crippen LogP) is 2.21. The standard InChI is InChI=1S/C15H21NO2/c1-15(2)7-8-16(10-15)12-9-18-13-6-4-3-5-11(13)14(12)17/h3-6,12,14,17H,7-10H2,1-2H3. The number of rotatable bonds is 1. The molecule has 0 radical (unpaired) electrons. The van der Waals surface area contributed by atoms with Crippen molar-refractivity contribution in [2.75, 3.05) is 19.7 Å². The van der Waals surface area contributed by atoms with Gasteiger partial charge in [0.25, 0.3) is 0 Å². The first-order chi connectivity index (χ1) is 8.57. The van der Waals surface area contributed by atoms with E-state index in [9.17, 15) is 5.11 Å². The monoisotopic (exact) mass is 247 g/mol. The van der Waals surface area contributed by atoms with Gasteiger partial charge in [0.1, 0.15) is 18.5 Å². The molecule has 2 aliphatic rings. The second kappa shape index (κ2) is 4.25. The highest BCUT2D eigenvalue weighted by molar-refractivity contribution is 5.37. The lowest BCUT2D eigenvalue weighted by Gasteiger charge is -2.36. The molecule has 2 unspecified atom stereocenters. The molecule has 0 spiro atoms. The maximum atomic E-state index is 10.5. The first-order valence-electron chi connectivity index (χ1n) is 6.71. The number of benzene rings is 1. The Hall–Kier alpha value is -1.06. The largest absolute Gasteiger partial charge is 0.491 e. The average molecular weight is 247 g/mol. The molecule has 0 aromatic heterocycles. The van der Waals surface area contributed by atoms with Gasteiger partial charge in [-0.3, -0.25) is 4.90 Å². The fourth-order valence-electron chi connectivity index (χ4n) is 3.07. The molecule has 0 bridgehead atoms. The lowest BCUT2D eigenvalue weighted by Crippen LogP contribution is -2.45. The van der Waals surface area contributed by atoms with Gasteiger partial charge in [-0.1, -0.05) is 32.0 Å². The van der Waals surface area contributed by atoms with Crippen molar-refractivity contribution in [3.63, 3.8) is 0 Å². The van der Waals surface area contributed by atoms with Crippen LogP contribution in [0.25, 0.3) is 0 Å². The maximum absolute atomic E-state index is 10.5. The molecule has 1 N–H and O–H groups in total. The summed E-state index contributed by atoms with van der Waals surface area (Å²) in [4.78, 5) is 2.38. The van der Waals surface area contributed by atoms with E-state index in [0.717, 1.165) is 24.4 Å². The second-order valence-electron chi connectivity index (χ2n) is 6.25. The minimum absolute atomic E-state index is 0.0988. The first kappa shape index (κ1) is 12.0. The Morgan fingerprint density at radius 3 is 2.83 bits per heavy atom. The number of fused-ring (bicyclic) bond motifs is 1. The molecule has 2 heterocycles. The van der Waals surface area contributed by atoms with Gasteiger partial charge < -0.3 is 9.84 Å². The van der Waals surface area contributed by atoms with E-state index in [1.165, 1.54) is 6.42 Å². The van der Waals surface area contributed by atoms with Gasteiger partial charge >= 0.3 is 0 Å². The van der Waals surface area contributed by atoms with Crippen LogP contribution in [0.5, 0.6) is 5.75 Å². The lowest BCUT2D eigenvalue weighted by molar-refractivity contribution is 0.0103. The van der Waals surface area contributed by atoms with Crippen LogP contribution >= 0.6 is 0 Å². The molecule has 3 rings (SSSR count). The average Bonchev–Trinajstić information content (AvgIpc) is 2.70. The Labute approximate surface area is 108 Å². The molecular weight excluding hydrogens is 226 g/mol. The highest BCUT2D eigenvalue weighted by Gasteiger charge is 2.39. The number of likely N-dealkylation sites (tertiary alicyclic amines) is 1. The minimum Gasteiger partial charge on any atom is -0.491 e. The van der Waals surface area contributed by atoms with Crippen molar-refractivity contribution in [1.82, 2.24) is 4.90 Å². The summed E-state index contributed by atoms with van der Waals surface area (Å²) in [6.07, 6.45) is 0.765. The molecule has 1 aromatic rings. The first-order valence-corrected chi connectivity index (χ1v) is 6.71. The van der Waals surface area contributed by atoms with Gasteiger partial charge in [-0.2, -0.15) is 0 Å². The quantitative estimate of drug-likeness (QED) is 0.826. The van der Waals surface area contributed by atoms with Gasteiger partial charge in [0.05, 0.1) is 6.04 Å². The van der Waals surface area contributed by atoms with Crippen LogP contribution in [0.1, 0.15) is 31.9 Å². The number of hydrogen-bond acceptors (Lipinski definition) is 3. The van der Waals surface area contributed by atoms with Gasteiger partial charge in [-0.05, 0) is 24.4 Å². The molecule has 1 aromatic carbocycles. The summed E-state index contributed by atoms with van der Waals surface area (Å²) < 4.78 is 5.79. The Morgan fingerprint density at radius 2 is 2.11 bits per heavy atom. The molecule has 2 atom stereocenters. The molecule has 3 nitrogen and oxygen atoms in total.